The summed E-state index contributed by atoms with van der Waals surface area (Å²) in [5.41, 5.74) is -2.59. The van der Waals surface area contributed by atoms with Gasteiger partial charge in [0, 0.05) is 6.20 Å². The van der Waals surface area contributed by atoms with Crippen LogP contribution in [0.3, 0.4) is 0 Å². The molecular formula is C12H4F7NS. The van der Waals surface area contributed by atoms with Gasteiger partial charge in [0.2, 0.25) is 0 Å². The lowest BCUT2D eigenvalue weighted by molar-refractivity contribution is -0.143. The van der Waals surface area contributed by atoms with E-state index in [9.17, 15) is 30.7 Å². The predicted octanol–water partition coefficient (Wildman–Crippen LogP) is 4.81. The Balaban J connectivity index is 2.60. The molecule has 0 spiro atoms. The Kier molecular flexibility index (Phi) is 4.13. The Hall–Kier alpha value is -1.77. The van der Waals surface area contributed by atoms with Gasteiger partial charge in [-0.15, -0.1) is 0 Å². The van der Waals surface area contributed by atoms with Crippen LogP contribution in [0, 0.1) is 23.3 Å². The number of hydrogen-bond acceptors (Lipinski definition) is 2. The Bertz CT molecular complexity index is 641. The molecule has 21 heavy (non-hydrogen) atoms. The minimum Gasteiger partial charge on any atom is -0.250 e. The zero-order chi connectivity index (χ0) is 15.8. The van der Waals surface area contributed by atoms with E-state index in [4.69, 9.17) is 0 Å². The van der Waals surface area contributed by atoms with Crippen molar-refractivity contribution in [3.8, 4) is 0 Å². The van der Waals surface area contributed by atoms with Gasteiger partial charge in [-0.25, -0.2) is 22.5 Å². The van der Waals surface area contributed by atoms with Crippen molar-refractivity contribution in [3.05, 3.63) is 53.2 Å². The van der Waals surface area contributed by atoms with E-state index in [2.05, 4.69) is 4.98 Å². The molecule has 0 radical (unpaired) electrons. The largest absolute Gasteiger partial charge is 0.422 e. The molecule has 0 atom stereocenters. The first kappa shape index (κ1) is 15.6. The minimum absolute atomic E-state index is 0.0335. The van der Waals surface area contributed by atoms with Crippen LogP contribution in [0.15, 0.2) is 34.3 Å². The fourth-order valence-corrected chi connectivity index (χ4v) is 2.29. The van der Waals surface area contributed by atoms with Gasteiger partial charge in [-0.05, 0) is 12.1 Å². The summed E-state index contributed by atoms with van der Waals surface area (Å²) in [7, 11) is 0. The molecule has 1 aromatic carbocycles. The summed E-state index contributed by atoms with van der Waals surface area (Å²) in [6.45, 7) is 0. The van der Waals surface area contributed by atoms with Crippen molar-refractivity contribution in [2.24, 2.45) is 0 Å². The third kappa shape index (κ3) is 2.97. The van der Waals surface area contributed by atoms with E-state index in [1.807, 2.05) is 0 Å². The highest BCUT2D eigenvalue weighted by Gasteiger charge is 2.42. The van der Waals surface area contributed by atoms with Crippen LogP contribution in [0.4, 0.5) is 30.7 Å². The highest BCUT2D eigenvalue weighted by molar-refractivity contribution is 7.99. The maximum absolute atomic E-state index is 13.6. The molecule has 0 amide bonds. The van der Waals surface area contributed by atoms with E-state index in [-0.39, 0.29) is 16.8 Å². The second kappa shape index (κ2) is 5.55. The highest BCUT2D eigenvalue weighted by Crippen LogP contribution is 2.40. The minimum atomic E-state index is -5.55. The molecule has 0 fully saturated rings. The van der Waals surface area contributed by atoms with Gasteiger partial charge in [-0.1, -0.05) is 17.8 Å². The molecule has 1 aromatic heterocycles. The van der Waals surface area contributed by atoms with Gasteiger partial charge < -0.3 is 0 Å². The molecule has 0 saturated heterocycles. The van der Waals surface area contributed by atoms with Crippen molar-refractivity contribution in [1.29, 1.82) is 0 Å². The van der Waals surface area contributed by atoms with E-state index in [1.165, 1.54) is 24.4 Å². The molecular weight excluding hydrogens is 323 g/mol. The van der Waals surface area contributed by atoms with Crippen LogP contribution in [0.1, 0.15) is 5.56 Å². The van der Waals surface area contributed by atoms with E-state index < -0.39 is 39.9 Å². The number of nitrogens with zero attached hydrogens (tertiary/aromatic N) is 1. The summed E-state index contributed by atoms with van der Waals surface area (Å²) in [5, 5.41) is -0.0335. The van der Waals surface area contributed by atoms with Gasteiger partial charge in [0.1, 0.15) is 10.6 Å². The van der Waals surface area contributed by atoms with Gasteiger partial charge in [-0.3, -0.25) is 0 Å². The SMILES string of the molecule is Fc1c(F)c(C(F)(F)F)c(F)c(F)c1Sc1ccccn1. The van der Waals surface area contributed by atoms with Crippen molar-refractivity contribution >= 4 is 11.8 Å². The van der Waals surface area contributed by atoms with E-state index >= 15 is 0 Å². The normalized spacial score (nSPS) is 11.8. The van der Waals surface area contributed by atoms with Crippen LogP contribution >= 0.6 is 11.8 Å². The summed E-state index contributed by atoms with van der Waals surface area (Å²) in [4.78, 5) is 2.42. The van der Waals surface area contributed by atoms with Crippen molar-refractivity contribution in [2.75, 3.05) is 0 Å². The molecule has 2 aromatic rings. The lowest BCUT2D eigenvalue weighted by Crippen LogP contribution is -2.15. The number of pyridine rings is 1. The van der Waals surface area contributed by atoms with Crippen LogP contribution in [-0.2, 0) is 6.18 Å². The second-order valence-corrected chi connectivity index (χ2v) is 4.76. The van der Waals surface area contributed by atoms with Gasteiger partial charge in [0.15, 0.2) is 23.3 Å². The summed E-state index contributed by atoms with van der Waals surface area (Å²) < 4.78 is 91.1. The average Bonchev–Trinajstić information content (AvgIpc) is 2.41. The zero-order valence-corrected chi connectivity index (χ0v) is 10.6. The first-order valence-electron chi connectivity index (χ1n) is 5.25. The molecule has 112 valence electrons. The fraction of sp³-hybridized carbons (Fsp3) is 0.0833. The van der Waals surface area contributed by atoms with Crippen LogP contribution in [0.5, 0.6) is 0 Å². The topological polar surface area (TPSA) is 12.9 Å². The van der Waals surface area contributed by atoms with Crippen LogP contribution in [0.2, 0.25) is 0 Å². The Morgan fingerprint density at radius 2 is 1.43 bits per heavy atom. The standard InChI is InChI=1S/C12H4F7NS/c13-7-6(12(17,18)19)8(14)10(16)11(9(7)15)21-5-3-1-2-4-20-5/h1-4H. The van der Waals surface area contributed by atoms with Crippen molar-refractivity contribution in [2.45, 2.75) is 16.1 Å². The van der Waals surface area contributed by atoms with Crippen molar-refractivity contribution < 1.29 is 30.7 Å². The lowest BCUT2D eigenvalue weighted by atomic mass is 10.1. The molecule has 0 aliphatic rings. The van der Waals surface area contributed by atoms with Crippen molar-refractivity contribution in [3.63, 3.8) is 0 Å². The van der Waals surface area contributed by atoms with Gasteiger partial charge in [-0.2, -0.15) is 13.2 Å². The summed E-state index contributed by atoms with van der Waals surface area (Å²) >= 11 is 0.180. The second-order valence-electron chi connectivity index (χ2n) is 3.73. The highest BCUT2D eigenvalue weighted by atomic mass is 32.2. The molecule has 1 nitrogen and oxygen atoms in total. The predicted molar refractivity (Wildman–Crippen MR) is 59.6 cm³/mol. The number of aromatic nitrogens is 1. The molecule has 0 saturated carbocycles. The first-order valence-corrected chi connectivity index (χ1v) is 6.07. The number of benzene rings is 1. The summed E-state index contributed by atoms with van der Waals surface area (Å²) in [5.74, 6) is -9.20. The smallest absolute Gasteiger partial charge is 0.250 e. The van der Waals surface area contributed by atoms with E-state index in [0.29, 0.717) is 0 Å². The third-order valence-corrected chi connectivity index (χ3v) is 3.36. The average molecular weight is 327 g/mol. The van der Waals surface area contributed by atoms with Crippen LogP contribution < -0.4 is 0 Å². The van der Waals surface area contributed by atoms with Gasteiger partial charge >= 0.3 is 6.18 Å². The van der Waals surface area contributed by atoms with Crippen LogP contribution in [0.25, 0.3) is 0 Å². The lowest BCUT2D eigenvalue weighted by Gasteiger charge is -2.13. The molecule has 9 heteroatoms. The first-order chi connectivity index (χ1) is 9.73. The molecule has 1 heterocycles. The molecule has 0 bridgehead atoms. The number of rotatable bonds is 2. The fourth-order valence-electron chi connectivity index (χ4n) is 1.46. The zero-order valence-electron chi connectivity index (χ0n) is 9.81. The van der Waals surface area contributed by atoms with Crippen molar-refractivity contribution in [1.82, 2.24) is 4.98 Å². The van der Waals surface area contributed by atoms with Crippen LogP contribution in [-0.4, -0.2) is 4.98 Å². The van der Waals surface area contributed by atoms with Gasteiger partial charge in [0.05, 0.1) is 4.90 Å². The monoisotopic (exact) mass is 327 g/mol. The summed E-state index contributed by atoms with van der Waals surface area (Å²) in [6, 6.07) is 4.18. The Labute approximate surface area is 117 Å². The number of hydrogen-bond donors (Lipinski definition) is 0. The quantitative estimate of drug-likeness (QED) is 0.580. The number of halogens is 7. The van der Waals surface area contributed by atoms with E-state index in [1.54, 1.807) is 0 Å². The third-order valence-electron chi connectivity index (χ3n) is 2.35. The molecule has 0 unspecified atom stereocenters. The molecule has 0 N–H and O–H groups in total. The molecule has 0 aliphatic carbocycles. The molecule has 2 rings (SSSR count). The maximum Gasteiger partial charge on any atom is 0.422 e. The number of alkyl halides is 3. The Morgan fingerprint density at radius 3 is 1.86 bits per heavy atom. The van der Waals surface area contributed by atoms with Gasteiger partial charge in [0.25, 0.3) is 0 Å². The maximum atomic E-state index is 13.6. The van der Waals surface area contributed by atoms with E-state index in [0.717, 1.165) is 0 Å². The molecule has 0 aliphatic heterocycles. The summed E-state index contributed by atoms with van der Waals surface area (Å²) in [6.07, 6.45) is -4.31. The Morgan fingerprint density at radius 1 is 0.857 bits per heavy atom.